The molecule has 0 aliphatic carbocycles. The molecule has 1 saturated heterocycles. The summed E-state index contributed by atoms with van der Waals surface area (Å²) in [6.07, 6.45) is 2.71. The first-order valence-electron chi connectivity index (χ1n) is 10.6. The second-order valence-corrected chi connectivity index (χ2v) is 8.43. The van der Waals surface area contributed by atoms with Gasteiger partial charge < -0.3 is 20.3 Å². The fourth-order valence-electron chi connectivity index (χ4n) is 4.26. The Kier molecular flexibility index (Phi) is 5.84. The van der Waals surface area contributed by atoms with Crippen LogP contribution in [0.15, 0.2) is 58.9 Å². The fraction of sp³-hybridized carbons (Fsp3) is 0.280. The Morgan fingerprint density at radius 3 is 2.56 bits per heavy atom. The third kappa shape index (κ3) is 3.91. The van der Waals surface area contributed by atoms with Gasteiger partial charge in [-0.25, -0.2) is 9.18 Å². The lowest BCUT2D eigenvalue weighted by Crippen LogP contribution is -2.27. The van der Waals surface area contributed by atoms with Crippen LogP contribution in [0.4, 0.5) is 10.1 Å². The highest BCUT2D eigenvalue weighted by molar-refractivity contribution is 6.00. The quantitative estimate of drug-likeness (QED) is 0.591. The van der Waals surface area contributed by atoms with Crippen LogP contribution < -0.4 is 16.1 Å². The molecular weight excluding hydrogens is 409 g/mol. The first-order chi connectivity index (χ1) is 15.3. The van der Waals surface area contributed by atoms with E-state index in [1.807, 2.05) is 30.9 Å². The van der Waals surface area contributed by atoms with Crippen molar-refractivity contribution in [1.82, 2.24) is 4.57 Å². The molecule has 0 saturated carbocycles. The van der Waals surface area contributed by atoms with Gasteiger partial charge in [0.05, 0.1) is 16.9 Å². The van der Waals surface area contributed by atoms with Gasteiger partial charge in [-0.2, -0.15) is 0 Å². The standard InChI is InChI=1S/C25H26FN3O3/c1-15(2)8-11-29-20-13-21(28-10-9-17(27)14-28)19(26)12-18(20)24(30)22(25(31)32)23(29)16-6-4-3-5-7-16/h3-8,12-13,17H,9-11,14,27H2,1-2H3,(H,31,32). The smallest absolute Gasteiger partial charge is 0.341 e. The molecule has 3 aromatic rings. The molecule has 32 heavy (non-hydrogen) atoms. The average molecular weight is 435 g/mol. The number of benzene rings is 2. The summed E-state index contributed by atoms with van der Waals surface area (Å²) in [4.78, 5) is 27.4. The van der Waals surface area contributed by atoms with Crippen LogP contribution in [0.3, 0.4) is 0 Å². The number of halogens is 1. The minimum absolute atomic E-state index is 0.0350. The normalized spacial score (nSPS) is 15.9. The predicted octanol–water partition coefficient (Wildman–Crippen LogP) is 4.01. The van der Waals surface area contributed by atoms with E-state index in [1.165, 1.54) is 0 Å². The van der Waals surface area contributed by atoms with Crippen LogP contribution in [-0.4, -0.2) is 34.8 Å². The second kappa shape index (κ2) is 8.59. The summed E-state index contributed by atoms with van der Waals surface area (Å²) in [5, 5.41) is 10.0. The van der Waals surface area contributed by atoms with Gasteiger partial charge in [-0.05, 0) is 38.0 Å². The van der Waals surface area contributed by atoms with Crippen molar-refractivity contribution in [3.63, 3.8) is 0 Å². The number of nitrogens with two attached hydrogens (primary N) is 1. The van der Waals surface area contributed by atoms with Crippen molar-refractivity contribution >= 4 is 22.6 Å². The summed E-state index contributed by atoms with van der Waals surface area (Å²) in [6, 6.07) is 11.7. The predicted molar refractivity (Wildman–Crippen MR) is 125 cm³/mol. The first kappa shape index (κ1) is 21.8. The SMILES string of the molecule is CC(C)=CCn1c(-c2ccccc2)c(C(=O)O)c(=O)c2cc(F)c(N3CCC(N)C3)cc21. The monoisotopic (exact) mass is 435 g/mol. The van der Waals surface area contributed by atoms with Crippen LogP contribution in [0.5, 0.6) is 0 Å². The van der Waals surface area contributed by atoms with Gasteiger partial charge in [0, 0.05) is 31.1 Å². The molecule has 0 amide bonds. The number of rotatable bonds is 5. The van der Waals surface area contributed by atoms with Crippen molar-refractivity contribution in [1.29, 1.82) is 0 Å². The summed E-state index contributed by atoms with van der Waals surface area (Å²) < 4.78 is 16.9. The number of fused-ring (bicyclic) bond motifs is 1. The number of carbonyl (C=O) groups is 1. The van der Waals surface area contributed by atoms with Gasteiger partial charge in [0.2, 0.25) is 5.43 Å². The molecule has 0 radical (unpaired) electrons. The number of hydrogen-bond donors (Lipinski definition) is 2. The number of nitrogens with zero attached hydrogens (tertiary/aromatic N) is 2. The highest BCUT2D eigenvalue weighted by Gasteiger charge is 2.27. The highest BCUT2D eigenvalue weighted by atomic mass is 19.1. The Hall–Kier alpha value is -3.45. The molecule has 0 spiro atoms. The topological polar surface area (TPSA) is 88.6 Å². The van der Waals surface area contributed by atoms with Crippen molar-refractivity contribution in [2.45, 2.75) is 32.9 Å². The van der Waals surface area contributed by atoms with Crippen LogP contribution >= 0.6 is 0 Å². The van der Waals surface area contributed by atoms with Gasteiger partial charge >= 0.3 is 5.97 Å². The second-order valence-electron chi connectivity index (χ2n) is 8.43. The molecule has 4 rings (SSSR count). The lowest BCUT2D eigenvalue weighted by molar-refractivity contribution is 0.0696. The highest BCUT2D eigenvalue weighted by Crippen LogP contribution is 2.32. The number of allylic oxidation sites excluding steroid dienone is 2. The van der Waals surface area contributed by atoms with Crippen LogP contribution in [0.2, 0.25) is 0 Å². The number of carboxylic acids is 1. The summed E-state index contributed by atoms with van der Waals surface area (Å²) >= 11 is 0. The zero-order valence-corrected chi connectivity index (χ0v) is 18.1. The van der Waals surface area contributed by atoms with Gasteiger partial charge in [-0.3, -0.25) is 4.79 Å². The fourth-order valence-corrected chi connectivity index (χ4v) is 4.26. The van der Waals surface area contributed by atoms with Crippen molar-refractivity contribution in [3.8, 4) is 11.3 Å². The molecule has 166 valence electrons. The summed E-state index contributed by atoms with van der Waals surface area (Å²) in [6.45, 7) is 5.39. The third-order valence-electron chi connectivity index (χ3n) is 5.84. The molecule has 1 aliphatic rings. The van der Waals surface area contributed by atoms with Crippen molar-refractivity contribution < 1.29 is 14.3 Å². The van der Waals surface area contributed by atoms with E-state index in [0.29, 0.717) is 42.1 Å². The summed E-state index contributed by atoms with van der Waals surface area (Å²) in [5.74, 6) is -1.89. The van der Waals surface area contributed by atoms with E-state index in [2.05, 4.69) is 0 Å². The molecule has 0 bridgehead atoms. The maximum atomic E-state index is 15.1. The van der Waals surface area contributed by atoms with E-state index in [9.17, 15) is 14.7 Å². The maximum Gasteiger partial charge on any atom is 0.341 e. The first-order valence-corrected chi connectivity index (χ1v) is 10.6. The third-order valence-corrected chi connectivity index (χ3v) is 5.84. The van der Waals surface area contributed by atoms with Crippen LogP contribution in [0, 0.1) is 5.82 Å². The Labute approximate surface area is 185 Å². The molecule has 2 heterocycles. The van der Waals surface area contributed by atoms with Crippen molar-refractivity contribution in [2.75, 3.05) is 18.0 Å². The zero-order valence-electron chi connectivity index (χ0n) is 18.1. The Balaban J connectivity index is 2.11. The lowest BCUT2D eigenvalue weighted by atomic mass is 10.0. The largest absolute Gasteiger partial charge is 0.477 e. The molecule has 1 aliphatic heterocycles. The molecule has 3 N–H and O–H groups in total. The van der Waals surface area contributed by atoms with Crippen molar-refractivity contribution in [2.24, 2.45) is 5.73 Å². The number of pyridine rings is 1. The number of aromatic carboxylic acids is 1. The molecule has 1 atom stereocenters. The Morgan fingerprint density at radius 2 is 1.97 bits per heavy atom. The van der Waals surface area contributed by atoms with Gasteiger partial charge in [-0.15, -0.1) is 0 Å². The van der Waals surface area contributed by atoms with Crippen LogP contribution in [0.1, 0.15) is 30.6 Å². The number of anilines is 1. The zero-order chi connectivity index (χ0) is 23.0. The molecule has 7 heteroatoms. The number of hydrogen-bond acceptors (Lipinski definition) is 4. The number of aromatic nitrogens is 1. The molecule has 1 unspecified atom stereocenters. The van der Waals surface area contributed by atoms with E-state index in [1.54, 1.807) is 34.9 Å². The van der Waals surface area contributed by atoms with E-state index < -0.39 is 17.2 Å². The van der Waals surface area contributed by atoms with E-state index >= 15 is 4.39 Å². The lowest BCUT2D eigenvalue weighted by Gasteiger charge is -2.23. The van der Waals surface area contributed by atoms with Crippen LogP contribution in [0.25, 0.3) is 22.2 Å². The van der Waals surface area contributed by atoms with E-state index in [4.69, 9.17) is 5.73 Å². The minimum Gasteiger partial charge on any atom is -0.477 e. The molecule has 1 aromatic heterocycles. The maximum absolute atomic E-state index is 15.1. The van der Waals surface area contributed by atoms with Gasteiger partial charge in [0.15, 0.2) is 0 Å². The van der Waals surface area contributed by atoms with Gasteiger partial charge in [-0.1, -0.05) is 42.0 Å². The van der Waals surface area contributed by atoms with Gasteiger partial charge in [0.25, 0.3) is 0 Å². The van der Waals surface area contributed by atoms with Crippen molar-refractivity contribution in [3.05, 3.63) is 75.7 Å². The number of carboxylic acid groups (broad SMARTS) is 1. The minimum atomic E-state index is -1.34. The summed E-state index contributed by atoms with van der Waals surface area (Å²) in [7, 11) is 0. The van der Waals surface area contributed by atoms with Gasteiger partial charge in [0.1, 0.15) is 11.4 Å². The average Bonchev–Trinajstić information content (AvgIpc) is 3.19. The Morgan fingerprint density at radius 1 is 1.25 bits per heavy atom. The van der Waals surface area contributed by atoms with E-state index in [-0.39, 0.29) is 17.0 Å². The van der Waals surface area contributed by atoms with Crippen LogP contribution in [-0.2, 0) is 6.54 Å². The van der Waals surface area contributed by atoms with E-state index in [0.717, 1.165) is 18.1 Å². The molecule has 1 fully saturated rings. The molecule has 2 aromatic carbocycles. The Bertz CT molecular complexity index is 1280. The molecular formula is C25H26FN3O3. The summed E-state index contributed by atoms with van der Waals surface area (Å²) in [5.41, 5.74) is 7.80. The molecule has 6 nitrogen and oxygen atoms in total.